The molecule has 0 bridgehead atoms. The molecule has 0 aliphatic carbocycles. The van der Waals surface area contributed by atoms with Crippen LogP contribution < -0.4 is 24.8 Å². The summed E-state index contributed by atoms with van der Waals surface area (Å²) in [6.45, 7) is 1.67. The number of hydrogen-bond donors (Lipinski definition) is 3. The molecule has 0 saturated carbocycles. The van der Waals surface area contributed by atoms with Crippen molar-refractivity contribution in [1.29, 1.82) is 0 Å². The average Bonchev–Trinajstić information content (AvgIpc) is 3.06. The number of rotatable bonds is 8. The van der Waals surface area contributed by atoms with Crippen molar-refractivity contribution in [3.63, 3.8) is 0 Å². The van der Waals surface area contributed by atoms with Crippen molar-refractivity contribution in [1.82, 2.24) is 15.4 Å². The Morgan fingerprint density at radius 1 is 1.29 bits per heavy atom. The first-order chi connectivity index (χ1) is 11.5. The number of methoxy groups -OCH3 is 2. The molecule has 1 aromatic carbocycles. The third-order valence-electron chi connectivity index (χ3n) is 3.73. The Morgan fingerprint density at radius 2 is 2.04 bits per heavy atom. The normalized spacial score (nSPS) is 17.5. The van der Waals surface area contributed by atoms with Crippen molar-refractivity contribution in [2.45, 2.75) is 23.8 Å². The van der Waals surface area contributed by atoms with Crippen molar-refractivity contribution in [3.8, 4) is 11.5 Å². The summed E-state index contributed by atoms with van der Waals surface area (Å²) in [6.07, 6.45) is 0.978. The van der Waals surface area contributed by atoms with Crippen LogP contribution in [0.2, 0.25) is 0 Å². The minimum absolute atomic E-state index is 0.0304. The van der Waals surface area contributed by atoms with E-state index in [2.05, 4.69) is 15.4 Å². The number of sulfonamides is 1. The zero-order valence-corrected chi connectivity index (χ0v) is 14.6. The van der Waals surface area contributed by atoms with Gasteiger partial charge in [-0.1, -0.05) is 0 Å². The Bertz CT molecular complexity index is 672. The molecule has 1 atom stereocenters. The molecule has 1 amide bonds. The molecule has 3 N–H and O–H groups in total. The average molecular weight is 357 g/mol. The molecule has 1 aliphatic heterocycles. The van der Waals surface area contributed by atoms with Crippen molar-refractivity contribution in [3.05, 3.63) is 18.2 Å². The molecule has 1 heterocycles. The fourth-order valence-corrected chi connectivity index (χ4v) is 3.49. The first-order valence-corrected chi connectivity index (χ1v) is 9.16. The zero-order valence-electron chi connectivity index (χ0n) is 13.8. The smallest absolute Gasteiger partial charge is 0.240 e. The minimum Gasteiger partial charge on any atom is -0.493 e. The van der Waals surface area contributed by atoms with Crippen LogP contribution in [0.5, 0.6) is 11.5 Å². The lowest BCUT2D eigenvalue weighted by molar-refractivity contribution is -0.121. The molecule has 1 aromatic rings. The van der Waals surface area contributed by atoms with Crippen molar-refractivity contribution >= 4 is 15.9 Å². The van der Waals surface area contributed by atoms with Gasteiger partial charge < -0.3 is 20.1 Å². The van der Waals surface area contributed by atoms with Crippen LogP contribution in [0.1, 0.15) is 12.8 Å². The monoisotopic (exact) mass is 357 g/mol. The second kappa shape index (κ2) is 8.32. The fraction of sp³-hybridized carbons (Fsp3) is 0.533. The van der Waals surface area contributed by atoms with Gasteiger partial charge in [0.05, 0.1) is 19.1 Å². The third kappa shape index (κ3) is 4.83. The van der Waals surface area contributed by atoms with E-state index in [0.717, 1.165) is 19.5 Å². The summed E-state index contributed by atoms with van der Waals surface area (Å²) in [6, 6.07) is 4.45. The van der Waals surface area contributed by atoms with Gasteiger partial charge in [-0.2, -0.15) is 0 Å². The summed E-state index contributed by atoms with van der Waals surface area (Å²) >= 11 is 0. The summed E-state index contributed by atoms with van der Waals surface area (Å²) < 4.78 is 37.2. The maximum Gasteiger partial charge on any atom is 0.240 e. The van der Waals surface area contributed by atoms with E-state index in [-0.39, 0.29) is 29.8 Å². The first-order valence-electron chi connectivity index (χ1n) is 7.68. The van der Waals surface area contributed by atoms with Crippen LogP contribution in [0, 0.1) is 0 Å². The lowest BCUT2D eigenvalue weighted by Gasteiger charge is -2.12. The van der Waals surface area contributed by atoms with Gasteiger partial charge in [-0.3, -0.25) is 4.79 Å². The highest BCUT2D eigenvalue weighted by molar-refractivity contribution is 7.89. The van der Waals surface area contributed by atoms with E-state index in [1.807, 2.05) is 0 Å². The van der Waals surface area contributed by atoms with E-state index < -0.39 is 10.0 Å². The molecule has 9 heteroatoms. The molecule has 0 radical (unpaired) electrons. The number of carbonyl (C=O) groups is 1. The highest BCUT2D eigenvalue weighted by Crippen LogP contribution is 2.29. The number of hydrogen-bond acceptors (Lipinski definition) is 6. The number of ether oxygens (including phenoxy) is 2. The van der Waals surface area contributed by atoms with Gasteiger partial charge in [0.15, 0.2) is 11.5 Å². The Kier molecular flexibility index (Phi) is 6.41. The molecule has 134 valence electrons. The van der Waals surface area contributed by atoms with Crippen molar-refractivity contribution in [2.24, 2.45) is 0 Å². The molecule has 1 aliphatic rings. The molecular weight excluding hydrogens is 334 g/mol. The van der Waals surface area contributed by atoms with Gasteiger partial charge >= 0.3 is 0 Å². The van der Waals surface area contributed by atoms with E-state index in [0.29, 0.717) is 11.5 Å². The van der Waals surface area contributed by atoms with Gasteiger partial charge in [-0.15, -0.1) is 0 Å². The number of carbonyl (C=O) groups excluding carboxylic acids is 1. The van der Waals surface area contributed by atoms with Gasteiger partial charge in [0.1, 0.15) is 0 Å². The molecule has 24 heavy (non-hydrogen) atoms. The summed E-state index contributed by atoms with van der Waals surface area (Å²) in [5, 5.41) is 6.02. The van der Waals surface area contributed by atoms with E-state index >= 15 is 0 Å². The molecule has 1 fully saturated rings. The van der Waals surface area contributed by atoms with Crippen LogP contribution in [-0.2, 0) is 14.8 Å². The topological polar surface area (TPSA) is 106 Å². The molecule has 1 saturated heterocycles. The van der Waals surface area contributed by atoms with Crippen LogP contribution in [0.3, 0.4) is 0 Å². The number of nitrogens with one attached hydrogen (secondary N) is 3. The van der Waals surface area contributed by atoms with E-state index in [1.54, 1.807) is 0 Å². The molecule has 2 rings (SSSR count). The van der Waals surface area contributed by atoms with Gasteiger partial charge in [-0.25, -0.2) is 13.1 Å². The van der Waals surface area contributed by atoms with Crippen LogP contribution >= 0.6 is 0 Å². The number of benzene rings is 1. The summed E-state index contributed by atoms with van der Waals surface area (Å²) in [7, 11) is -0.809. The molecule has 0 spiro atoms. The van der Waals surface area contributed by atoms with Crippen LogP contribution in [0.15, 0.2) is 23.1 Å². The molecule has 0 aromatic heterocycles. The summed E-state index contributed by atoms with van der Waals surface area (Å²) in [5.41, 5.74) is 0. The fourth-order valence-electron chi connectivity index (χ4n) is 2.44. The van der Waals surface area contributed by atoms with E-state index in [4.69, 9.17) is 9.47 Å². The highest BCUT2D eigenvalue weighted by Gasteiger charge is 2.19. The second-order valence-electron chi connectivity index (χ2n) is 5.42. The largest absolute Gasteiger partial charge is 0.493 e. The van der Waals surface area contributed by atoms with Gasteiger partial charge in [0.2, 0.25) is 15.9 Å². The molecule has 8 nitrogen and oxygen atoms in total. The van der Waals surface area contributed by atoms with Crippen LogP contribution in [0.4, 0.5) is 0 Å². The zero-order chi connectivity index (χ0) is 17.6. The maximum absolute atomic E-state index is 12.3. The second-order valence-corrected chi connectivity index (χ2v) is 7.19. The Labute approximate surface area is 142 Å². The maximum atomic E-state index is 12.3. The van der Waals surface area contributed by atoms with Crippen molar-refractivity contribution < 1.29 is 22.7 Å². The Hall–Kier alpha value is -1.84. The van der Waals surface area contributed by atoms with Crippen molar-refractivity contribution in [2.75, 3.05) is 33.9 Å². The number of amides is 1. The van der Waals surface area contributed by atoms with Crippen LogP contribution in [-0.4, -0.2) is 54.2 Å². The van der Waals surface area contributed by atoms with E-state index in [9.17, 15) is 13.2 Å². The summed E-state index contributed by atoms with van der Waals surface area (Å²) in [4.78, 5) is 11.9. The van der Waals surface area contributed by atoms with Gasteiger partial charge in [-0.05, 0) is 25.1 Å². The minimum atomic E-state index is -3.72. The van der Waals surface area contributed by atoms with E-state index in [1.165, 1.54) is 32.4 Å². The lowest BCUT2D eigenvalue weighted by atomic mass is 10.2. The SMILES string of the molecule is COc1ccc(S(=O)(=O)NCCC(=O)NC2CCNC2)cc1OC. The first kappa shape index (κ1) is 18.5. The molecular formula is C15H23N3O5S. The Balaban J connectivity index is 1.90. The predicted molar refractivity (Wildman–Crippen MR) is 88.8 cm³/mol. The highest BCUT2D eigenvalue weighted by atomic mass is 32.2. The Morgan fingerprint density at radius 3 is 2.67 bits per heavy atom. The van der Waals surface area contributed by atoms with Crippen LogP contribution in [0.25, 0.3) is 0 Å². The lowest BCUT2D eigenvalue weighted by Crippen LogP contribution is -2.38. The third-order valence-corrected chi connectivity index (χ3v) is 5.19. The quantitative estimate of drug-likeness (QED) is 0.598. The summed E-state index contributed by atoms with van der Waals surface area (Å²) in [5.74, 6) is 0.603. The van der Waals surface area contributed by atoms with Gasteiger partial charge in [0, 0.05) is 31.6 Å². The van der Waals surface area contributed by atoms with Gasteiger partial charge in [0.25, 0.3) is 0 Å². The predicted octanol–water partition coefficient (Wildman–Crippen LogP) is -0.150. The standard InChI is InChI=1S/C15H23N3O5S/c1-22-13-4-3-12(9-14(13)23-2)24(20,21)17-8-6-15(19)18-11-5-7-16-10-11/h3-4,9,11,16-17H,5-8,10H2,1-2H3,(H,18,19). The molecule has 1 unspecified atom stereocenters.